The molecule has 4 nitrogen and oxygen atoms in total. The zero-order chi connectivity index (χ0) is 11.3. The van der Waals surface area contributed by atoms with Crippen molar-refractivity contribution >= 4 is 5.91 Å². The van der Waals surface area contributed by atoms with Crippen molar-refractivity contribution in [2.24, 2.45) is 0 Å². The molecule has 0 radical (unpaired) electrons. The van der Waals surface area contributed by atoms with Crippen LogP contribution in [0.3, 0.4) is 0 Å². The summed E-state index contributed by atoms with van der Waals surface area (Å²) in [6.07, 6.45) is 2.61. The molecule has 0 bridgehead atoms. The number of likely N-dealkylation sites (N-methyl/N-ethyl adjacent to an activating group) is 1. The summed E-state index contributed by atoms with van der Waals surface area (Å²) in [5, 5.41) is 8.89. The average Bonchev–Trinajstić information content (AvgIpc) is 2.76. The SMILES string of the molecule is CC(CO)N(C)C(=O)CCc1ccco1. The highest BCUT2D eigenvalue weighted by Crippen LogP contribution is 2.06. The van der Waals surface area contributed by atoms with Gasteiger partial charge in [0.25, 0.3) is 0 Å². The lowest BCUT2D eigenvalue weighted by Gasteiger charge is -2.22. The minimum absolute atomic E-state index is 0.0109. The van der Waals surface area contributed by atoms with Gasteiger partial charge < -0.3 is 14.4 Å². The maximum Gasteiger partial charge on any atom is 0.223 e. The number of aliphatic hydroxyl groups excluding tert-OH is 1. The molecule has 0 aliphatic rings. The highest BCUT2D eigenvalue weighted by Gasteiger charge is 2.14. The molecular weight excluding hydrogens is 194 g/mol. The second kappa shape index (κ2) is 5.56. The van der Waals surface area contributed by atoms with Crippen molar-refractivity contribution in [3.8, 4) is 0 Å². The van der Waals surface area contributed by atoms with E-state index < -0.39 is 0 Å². The topological polar surface area (TPSA) is 53.7 Å². The first-order valence-corrected chi connectivity index (χ1v) is 5.04. The van der Waals surface area contributed by atoms with Crippen molar-refractivity contribution in [3.05, 3.63) is 24.2 Å². The van der Waals surface area contributed by atoms with Crippen molar-refractivity contribution in [2.75, 3.05) is 13.7 Å². The summed E-state index contributed by atoms with van der Waals surface area (Å²) in [7, 11) is 1.70. The number of rotatable bonds is 5. The lowest BCUT2D eigenvalue weighted by Crippen LogP contribution is -2.37. The van der Waals surface area contributed by atoms with Gasteiger partial charge in [0.2, 0.25) is 5.91 Å². The summed E-state index contributed by atoms with van der Waals surface area (Å²) in [6.45, 7) is 1.80. The zero-order valence-electron chi connectivity index (χ0n) is 9.14. The summed E-state index contributed by atoms with van der Waals surface area (Å²) in [5.41, 5.74) is 0. The second-order valence-corrected chi connectivity index (χ2v) is 3.62. The van der Waals surface area contributed by atoms with Gasteiger partial charge >= 0.3 is 0 Å². The van der Waals surface area contributed by atoms with Gasteiger partial charge in [-0.2, -0.15) is 0 Å². The molecule has 0 spiro atoms. The average molecular weight is 211 g/mol. The van der Waals surface area contributed by atoms with Gasteiger partial charge in [-0.05, 0) is 19.1 Å². The zero-order valence-corrected chi connectivity index (χ0v) is 9.14. The smallest absolute Gasteiger partial charge is 0.223 e. The first-order valence-electron chi connectivity index (χ1n) is 5.04. The van der Waals surface area contributed by atoms with Crippen molar-refractivity contribution in [3.63, 3.8) is 0 Å². The monoisotopic (exact) mass is 211 g/mol. The highest BCUT2D eigenvalue weighted by atomic mass is 16.3. The van der Waals surface area contributed by atoms with Gasteiger partial charge in [-0.1, -0.05) is 0 Å². The fourth-order valence-electron chi connectivity index (χ4n) is 1.23. The summed E-state index contributed by atoms with van der Waals surface area (Å²) < 4.78 is 5.13. The van der Waals surface area contributed by atoms with Gasteiger partial charge in [-0.25, -0.2) is 0 Å². The first kappa shape index (κ1) is 11.8. The van der Waals surface area contributed by atoms with Crippen molar-refractivity contribution in [2.45, 2.75) is 25.8 Å². The van der Waals surface area contributed by atoms with Crippen LogP contribution in [0.15, 0.2) is 22.8 Å². The highest BCUT2D eigenvalue weighted by molar-refractivity contribution is 5.76. The molecule has 1 rings (SSSR count). The van der Waals surface area contributed by atoms with E-state index >= 15 is 0 Å². The summed E-state index contributed by atoms with van der Waals surface area (Å²) in [5.74, 6) is 0.835. The van der Waals surface area contributed by atoms with Gasteiger partial charge in [0.15, 0.2) is 0 Å². The Hall–Kier alpha value is -1.29. The number of carbonyl (C=O) groups excluding carboxylic acids is 1. The molecule has 0 saturated heterocycles. The molecule has 0 fully saturated rings. The summed E-state index contributed by atoms with van der Waals surface area (Å²) in [4.78, 5) is 13.2. The molecule has 15 heavy (non-hydrogen) atoms. The van der Waals surface area contributed by atoms with Crippen molar-refractivity contribution in [1.82, 2.24) is 4.90 Å². The van der Waals surface area contributed by atoms with Crippen LogP contribution in [0, 0.1) is 0 Å². The Morgan fingerprint density at radius 3 is 2.93 bits per heavy atom. The molecule has 0 aliphatic heterocycles. The fourth-order valence-corrected chi connectivity index (χ4v) is 1.23. The Bertz CT molecular complexity index is 295. The van der Waals surface area contributed by atoms with Crippen LogP contribution in [0.1, 0.15) is 19.1 Å². The van der Waals surface area contributed by atoms with E-state index in [0.29, 0.717) is 12.8 Å². The largest absolute Gasteiger partial charge is 0.469 e. The van der Waals surface area contributed by atoms with E-state index in [9.17, 15) is 4.79 Å². The summed E-state index contributed by atoms with van der Waals surface area (Å²) >= 11 is 0. The van der Waals surface area contributed by atoms with Gasteiger partial charge in [0.1, 0.15) is 5.76 Å². The summed E-state index contributed by atoms with van der Waals surface area (Å²) in [6, 6.07) is 3.52. The Kier molecular flexibility index (Phi) is 4.37. The Morgan fingerprint density at radius 1 is 1.67 bits per heavy atom. The van der Waals surface area contributed by atoms with Gasteiger partial charge in [-0.3, -0.25) is 4.79 Å². The number of hydrogen-bond donors (Lipinski definition) is 1. The number of nitrogens with zero attached hydrogens (tertiary/aromatic N) is 1. The van der Waals surface area contributed by atoms with Crippen LogP contribution in [-0.2, 0) is 11.2 Å². The number of amides is 1. The number of hydrogen-bond acceptors (Lipinski definition) is 3. The number of furan rings is 1. The number of aryl methyl sites for hydroxylation is 1. The molecular formula is C11H17NO3. The third-order valence-electron chi connectivity index (χ3n) is 2.48. The van der Waals surface area contributed by atoms with E-state index in [1.54, 1.807) is 24.3 Å². The van der Waals surface area contributed by atoms with E-state index in [2.05, 4.69) is 0 Å². The molecule has 1 amide bonds. The van der Waals surface area contributed by atoms with E-state index in [1.807, 2.05) is 13.0 Å². The van der Waals surface area contributed by atoms with E-state index in [-0.39, 0.29) is 18.6 Å². The Morgan fingerprint density at radius 2 is 2.40 bits per heavy atom. The van der Waals surface area contributed by atoms with Crippen LogP contribution in [0.2, 0.25) is 0 Å². The fraction of sp³-hybridized carbons (Fsp3) is 0.545. The maximum atomic E-state index is 11.6. The van der Waals surface area contributed by atoms with Crippen molar-refractivity contribution < 1.29 is 14.3 Å². The standard InChI is InChI=1S/C11H17NO3/c1-9(8-13)12(2)11(14)6-5-10-4-3-7-15-10/h3-4,7,9,13H,5-6,8H2,1-2H3. The van der Waals surface area contributed by atoms with Gasteiger partial charge in [-0.15, -0.1) is 0 Å². The third-order valence-corrected chi connectivity index (χ3v) is 2.48. The van der Waals surface area contributed by atoms with Crippen molar-refractivity contribution in [1.29, 1.82) is 0 Å². The number of aliphatic hydroxyl groups is 1. The van der Waals surface area contributed by atoms with E-state index in [4.69, 9.17) is 9.52 Å². The van der Waals surface area contributed by atoms with Crippen LogP contribution in [-0.4, -0.2) is 35.6 Å². The van der Waals surface area contributed by atoms with E-state index in [0.717, 1.165) is 5.76 Å². The van der Waals surface area contributed by atoms with Crippen LogP contribution in [0.25, 0.3) is 0 Å². The first-order chi connectivity index (χ1) is 7.15. The number of carbonyl (C=O) groups is 1. The molecule has 0 saturated carbocycles. The predicted octanol–water partition coefficient (Wildman–Crippen LogP) is 1.05. The molecule has 0 aliphatic carbocycles. The van der Waals surface area contributed by atoms with Crippen LogP contribution in [0.4, 0.5) is 0 Å². The molecule has 0 aromatic carbocycles. The Labute approximate surface area is 89.5 Å². The normalized spacial score (nSPS) is 12.5. The Balaban J connectivity index is 2.36. The van der Waals surface area contributed by atoms with E-state index in [1.165, 1.54) is 0 Å². The van der Waals surface area contributed by atoms with Gasteiger partial charge in [0.05, 0.1) is 18.9 Å². The third kappa shape index (κ3) is 3.40. The molecule has 4 heteroatoms. The lowest BCUT2D eigenvalue weighted by atomic mass is 10.2. The lowest BCUT2D eigenvalue weighted by molar-refractivity contribution is -0.132. The molecule has 84 valence electrons. The second-order valence-electron chi connectivity index (χ2n) is 3.62. The minimum atomic E-state index is -0.130. The van der Waals surface area contributed by atoms with Crippen LogP contribution >= 0.6 is 0 Å². The van der Waals surface area contributed by atoms with Crippen LogP contribution in [0.5, 0.6) is 0 Å². The quantitative estimate of drug-likeness (QED) is 0.792. The molecule has 1 unspecified atom stereocenters. The molecule has 1 heterocycles. The molecule has 1 atom stereocenters. The predicted molar refractivity (Wildman–Crippen MR) is 56.3 cm³/mol. The molecule has 1 aromatic heterocycles. The van der Waals surface area contributed by atoms with Crippen LogP contribution < -0.4 is 0 Å². The molecule has 1 aromatic rings. The minimum Gasteiger partial charge on any atom is -0.469 e. The van der Waals surface area contributed by atoms with Gasteiger partial charge in [0, 0.05) is 19.9 Å². The maximum absolute atomic E-state index is 11.6. The molecule has 1 N–H and O–H groups in total.